The highest BCUT2D eigenvalue weighted by molar-refractivity contribution is 5.95. The predicted molar refractivity (Wildman–Crippen MR) is 78.0 cm³/mol. The van der Waals surface area contributed by atoms with E-state index in [4.69, 9.17) is 5.73 Å². The van der Waals surface area contributed by atoms with Gasteiger partial charge >= 0.3 is 0 Å². The van der Waals surface area contributed by atoms with E-state index in [0.717, 1.165) is 19.5 Å². The second-order valence-corrected chi connectivity index (χ2v) is 5.61. The van der Waals surface area contributed by atoms with E-state index in [2.05, 4.69) is 4.90 Å². The molecule has 2 N–H and O–H groups in total. The van der Waals surface area contributed by atoms with Crippen LogP contribution in [0.25, 0.3) is 0 Å². The van der Waals surface area contributed by atoms with Crippen LogP contribution in [0, 0.1) is 10.1 Å². The fourth-order valence-electron chi connectivity index (χ4n) is 3.19. The molecule has 0 saturated carbocycles. The van der Waals surface area contributed by atoms with Gasteiger partial charge in [-0.25, -0.2) is 0 Å². The minimum absolute atomic E-state index is 0.0807. The number of nitro benzene ring substituents is 1. The molecule has 112 valence electrons. The zero-order chi connectivity index (χ0) is 15.0. The van der Waals surface area contributed by atoms with Gasteiger partial charge in [-0.15, -0.1) is 0 Å². The highest BCUT2D eigenvalue weighted by atomic mass is 16.6. The zero-order valence-electron chi connectivity index (χ0n) is 11.7. The van der Waals surface area contributed by atoms with Crippen LogP contribution in [0.4, 0.5) is 11.4 Å². The number of anilines is 1. The lowest BCUT2D eigenvalue weighted by Crippen LogP contribution is -2.52. The minimum Gasteiger partial charge on any atom is -0.393 e. The molecule has 2 heterocycles. The first kappa shape index (κ1) is 13.8. The molecular weight excluding hydrogens is 272 g/mol. The van der Waals surface area contributed by atoms with Crippen molar-refractivity contribution in [2.45, 2.75) is 18.9 Å². The molecule has 0 bridgehead atoms. The van der Waals surface area contributed by atoms with Gasteiger partial charge in [-0.3, -0.25) is 19.8 Å². The number of nitrogens with two attached hydrogens (primary N) is 1. The van der Waals surface area contributed by atoms with Gasteiger partial charge in [-0.2, -0.15) is 0 Å². The van der Waals surface area contributed by atoms with Crippen molar-refractivity contribution < 1.29 is 9.72 Å². The Kier molecular flexibility index (Phi) is 3.50. The molecule has 7 nitrogen and oxygen atoms in total. The summed E-state index contributed by atoms with van der Waals surface area (Å²) in [6.07, 6.45) is 2.30. The Morgan fingerprint density at radius 3 is 2.90 bits per heavy atom. The van der Waals surface area contributed by atoms with Gasteiger partial charge in [0, 0.05) is 37.3 Å². The number of piperazine rings is 1. The van der Waals surface area contributed by atoms with Crippen LogP contribution < -0.4 is 5.73 Å². The highest BCUT2D eigenvalue weighted by Crippen LogP contribution is 2.25. The van der Waals surface area contributed by atoms with E-state index in [1.807, 2.05) is 0 Å². The van der Waals surface area contributed by atoms with Crippen molar-refractivity contribution >= 4 is 17.3 Å². The lowest BCUT2D eigenvalue weighted by Gasteiger charge is -2.37. The summed E-state index contributed by atoms with van der Waals surface area (Å²) in [6, 6.07) is 4.70. The molecule has 21 heavy (non-hydrogen) atoms. The molecule has 1 aromatic carbocycles. The van der Waals surface area contributed by atoms with Crippen LogP contribution in [0.15, 0.2) is 18.2 Å². The number of hydrogen-bond donors (Lipinski definition) is 1. The number of benzene rings is 1. The van der Waals surface area contributed by atoms with Crippen molar-refractivity contribution in [2.75, 3.05) is 31.9 Å². The van der Waals surface area contributed by atoms with Crippen LogP contribution in [0.2, 0.25) is 0 Å². The van der Waals surface area contributed by atoms with Crippen molar-refractivity contribution in [2.24, 2.45) is 0 Å². The normalized spacial score (nSPS) is 22.1. The van der Waals surface area contributed by atoms with E-state index < -0.39 is 4.92 Å². The molecule has 1 aromatic rings. The van der Waals surface area contributed by atoms with Crippen LogP contribution in [0.5, 0.6) is 0 Å². The molecule has 2 aliphatic heterocycles. The number of amides is 1. The molecule has 2 fully saturated rings. The number of nitrogen functional groups attached to an aromatic ring is 1. The third kappa shape index (κ3) is 2.56. The molecule has 1 unspecified atom stereocenters. The maximum Gasteiger partial charge on any atom is 0.292 e. The van der Waals surface area contributed by atoms with Gasteiger partial charge in [0.25, 0.3) is 11.6 Å². The summed E-state index contributed by atoms with van der Waals surface area (Å²) in [5.74, 6) is -0.148. The Morgan fingerprint density at radius 2 is 2.14 bits per heavy atom. The van der Waals surface area contributed by atoms with E-state index in [-0.39, 0.29) is 17.3 Å². The van der Waals surface area contributed by atoms with E-state index in [9.17, 15) is 14.9 Å². The number of carbonyl (C=O) groups is 1. The van der Waals surface area contributed by atoms with Crippen molar-refractivity contribution in [1.82, 2.24) is 9.80 Å². The summed E-state index contributed by atoms with van der Waals surface area (Å²) >= 11 is 0. The monoisotopic (exact) mass is 290 g/mol. The third-order valence-electron chi connectivity index (χ3n) is 4.35. The summed E-state index contributed by atoms with van der Waals surface area (Å²) in [5.41, 5.74) is 5.77. The molecule has 0 aromatic heterocycles. The first-order chi connectivity index (χ1) is 10.1. The lowest BCUT2D eigenvalue weighted by molar-refractivity contribution is -0.383. The Hall–Kier alpha value is -2.15. The second kappa shape index (κ2) is 5.33. The number of hydrogen-bond acceptors (Lipinski definition) is 5. The quantitative estimate of drug-likeness (QED) is 0.500. The Balaban J connectivity index is 1.79. The van der Waals surface area contributed by atoms with Gasteiger partial charge in [-0.1, -0.05) is 0 Å². The van der Waals surface area contributed by atoms with E-state index >= 15 is 0 Å². The fourth-order valence-corrected chi connectivity index (χ4v) is 3.19. The van der Waals surface area contributed by atoms with E-state index in [1.165, 1.54) is 18.6 Å². The number of nitrogens with zero attached hydrogens (tertiary/aromatic N) is 3. The number of nitro groups is 1. The van der Waals surface area contributed by atoms with Gasteiger partial charge < -0.3 is 10.6 Å². The van der Waals surface area contributed by atoms with Crippen LogP contribution in [0.3, 0.4) is 0 Å². The fraction of sp³-hybridized carbons (Fsp3) is 0.500. The summed E-state index contributed by atoms with van der Waals surface area (Å²) in [7, 11) is 0. The van der Waals surface area contributed by atoms with Crippen molar-refractivity contribution in [1.29, 1.82) is 0 Å². The first-order valence-electron chi connectivity index (χ1n) is 7.13. The Labute approximate surface area is 122 Å². The molecule has 1 amide bonds. The van der Waals surface area contributed by atoms with Gasteiger partial charge in [0.1, 0.15) is 5.69 Å². The number of carbonyl (C=O) groups excluding carboxylic acids is 1. The van der Waals surface area contributed by atoms with Crippen LogP contribution in [0.1, 0.15) is 23.2 Å². The van der Waals surface area contributed by atoms with E-state index in [0.29, 0.717) is 24.7 Å². The van der Waals surface area contributed by atoms with Crippen LogP contribution in [-0.4, -0.2) is 52.9 Å². The molecule has 1 atom stereocenters. The molecule has 2 saturated heterocycles. The van der Waals surface area contributed by atoms with Crippen LogP contribution in [-0.2, 0) is 0 Å². The van der Waals surface area contributed by atoms with Crippen molar-refractivity contribution in [3.8, 4) is 0 Å². The molecule has 7 heteroatoms. The molecular formula is C14H18N4O3. The maximum absolute atomic E-state index is 12.5. The molecule has 0 spiro atoms. The molecule has 0 aliphatic carbocycles. The van der Waals surface area contributed by atoms with Crippen molar-refractivity contribution in [3.05, 3.63) is 33.9 Å². The predicted octanol–water partition coefficient (Wildman–Crippen LogP) is 1.10. The average molecular weight is 290 g/mol. The minimum atomic E-state index is -0.555. The maximum atomic E-state index is 12.5. The lowest BCUT2D eigenvalue weighted by atomic mass is 10.1. The summed E-state index contributed by atoms with van der Waals surface area (Å²) in [5, 5.41) is 10.9. The summed E-state index contributed by atoms with van der Waals surface area (Å²) in [4.78, 5) is 27.1. The number of fused-ring (bicyclic) bond motifs is 1. The summed E-state index contributed by atoms with van der Waals surface area (Å²) < 4.78 is 0. The second-order valence-electron chi connectivity index (χ2n) is 5.61. The van der Waals surface area contributed by atoms with E-state index in [1.54, 1.807) is 11.0 Å². The molecule has 3 rings (SSSR count). The van der Waals surface area contributed by atoms with Gasteiger partial charge in [0.2, 0.25) is 0 Å². The highest BCUT2D eigenvalue weighted by Gasteiger charge is 2.33. The van der Waals surface area contributed by atoms with Gasteiger partial charge in [0.15, 0.2) is 0 Å². The van der Waals surface area contributed by atoms with Crippen molar-refractivity contribution in [3.63, 3.8) is 0 Å². The molecule has 2 aliphatic rings. The largest absolute Gasteiger partial charge is 0.393 e. The van der Waals surface area contributed by atoms with Gasteiger partial charge in [0.05, 0.1) is 4.92 Å². The standard InChI is InChI=1S/C14H18N4O3/c15-12-4-3-10(8-13(12)18(20)21)14(19)17-7-6-16-5-1-2-11(16)9-17/h3-4,8,11H,1-2,5-7,9,15H2. The smallest absolute Gasteiger partial charge is 0.292 e. The Bertz CT molecular complexity index is 590. The van der Waals surface area contributed by atoms with Crippen LogP contribution >= 0.6 is 0 Å². The zero-order valence-corrected chi connectivity index (χ0v) is 11.7. The number of rotatable bonds is 2. The summed E-state index contributed by atoms with van der Waals surface area (Å²) in [6.45, 7) is 3.37. The van der Waals surface area contributed by atoms with Gasteiger partial charge in [-0.05, 0) is 31.5 Å². The SMILES string of the molecule is Nc1ccc(C(=O)N2CCN3CCCC3C2)cc1[N+](=O)[O-]. The average Bonchev–Trinajstić information content (AvgIpc) is 2.94. The molecule has 0 radical (unpaired) electrons. The third-order valence-corrected chi connectivity index (χ3v) is 4.35. The first-order valence-corrected chi connectivity index (χ1v) is 7.13. The topological polar surface area (TPSA) is 92.7 Å². The Morgan fingerprint density at radius 1 is 1.33 bits per heavy atom.